The number of nitrogen functional groups attached to an aromatic ring is 1. The summed E-state index contributed by atoms with van der Waals surface area (Å²) in [6.07, 6.45) is 1.38. The van der Waals surface area contributed by atoms with Crippen molar-refractivity contribution in [2.24, 2.45) is 5.10 Å². The van der Waals surface area contributed by atoms with Gasteiger partial charge in [0.2, 0.25) is 11.6 Å². The lowest BCUT2D eigenvalue weighted by Crippen LogP contribution is -2.20. The van der Waals surface area contributed by atoms with Crippen molar-refractivity contribution >= 4 is 41.3 Å². The summed E-state index contributed by atoms with van der Waals surface area (Å²) in [5.74, 6) is -0.568. The second-order valence-electron chi connectivity index (χ2n) is 6.26. The molecule has 0 aliphatic heterocycles. The number of hydrazone groups is 1. The smallest absolute Gasteiger partial charge is 0.293 e. The van der Waals surface area contributed by atoms with Gasteiger partial charge in [-0.1, -0.05) is 28.9 Å². The summed E-state index contributed by atoms with van der Waals surface area (Å²) in [6.45, 7) is 0. The summed E-state index contributed by atoms with van der Waals surface area (Å²) in [6, 6.07) is 12.8. The minimum absolute atomic E-state index is 0.00562. The van der Waals surface area contributed by atoms with Crippen LogP contribution in [0.2, 0.25) is 5.02 Å². The summed E-state index contributed by atoms with van der Waals surface area (Å²) >= 11 is 7.36. The van der Waals surface area contributed by atoms with Crippen LogP contribution in [0.4, 0.5) is 10.2 Å². The largest absolute Gasteiger partial charge is 0.378 e. The highest BCUT2D eigenvalue weighted by Gasteiger charge is 2.24. The van der Waals surface area contributed by atoms with E-state index in [9.17, 15) is 9.18 Å². The number of nitrogens with two attached hydrogens (primary N) is 1. The molecule has 0 saturated carbocycles. The van der Waals surface area contributed by atoms with Crippen molar-refractivity contribution < 1.29 is 13.8 Å². The average molecular weight is 473 g/mol. The maximum absolute atomic E-state index is 13.0. The molecule has 10 nitrogen and oxygen atoms in total. The van der Waals surface area contributed by atoms with Gasteiger partial charge in [0.15, 0.2) is 5.69 Å². The van der Waals surface area contributed by atoms with Crippen LogP contribution in [0.15, 0.2) is 63.2 Å². The zero-order chi connectivity index (χ0) is 22.5. The summed E-state index contributed by atoms with van der Waals surface area (Å²) in [5, 5.41) is 19.7. The van der Waals surface area contributed by atoms with Crippen LogP contribution in [0.5, 0.6) is 0 Å². The molecule has 0 fully saturated rings. The van der Waals surface area contributed by atoms with E-state index in [0.717, 1.165) is 4.90 Å². The number of hydrogen-bond acceptors (Lipinski definition) is 9. The summed E-state index contributed by atoms with van der Waals surface area (Å²) in [7, 11) is 0. The molecule has 2 aromatic carbocycles. The number of anilines is 1. The highest BCUT2D eigenvalue weighted by molar-refractivity contribution is 7.98. The SMILES string of the molecule is Nc1nonc1-n1nnc(C(=O)N/N=C/c2ccc(F)cc2)c1CSc1ccc(Cl)cc1. The third kappa shape index (κ3) is 4.92. The molecule has 0 radical (unpaired) electrons. The van der Waals surface area contributed by atoms with Crippen LogP contribution in [0.3, 0.4) is 0 Å². The minimum atomic E-state index is -0.601. The summed E-state index contributed by atoms with van der Waals surface area (Å²) in [4.78, 5) is 13.6. The van der Waals surface area contributed by atoms with Crippen LogP contribution in [0.1, 0.15) is 21.7 Å². The monoisotopic (exact) mass is 472 g/mol. The molecule has 4 rings (SSSR count). The molecule has 13 heteroatoms. The number of amides is 1. The zero-order valence-electron chi connectivity index (χ0n) is 16.1. The quantitative estimate of drug-likeness (QED) is 0.238. The molecule has 32 heavy (non-hydrogen) atoms. The van der Waals surface area contributed by atoms with Gasteiger partial charge >= 0.3 is 0 Å². The Bertz CT molecular complexity index is 1260. The molecular weight excluding hydrogens is 459 g/mol. The first-order valence-corrected chi connectivity index (χ1v) is 10.4. The molecule has 0 atom stereocenters. The predicted octanol–water partition coefficient (Wildman–Crippen LogP) is 3.08. The Hall–Kier alpha value is -3.77. The van der Waals surface area contributed by atoms with Crippen molar-refractivity contribution in [1.82, 2.24) is 30.7 Å². The molecule has 0 spiro atoms. The van der Waals surface area contributed by atoms with Gasteiger partial charge in [-0.3, -0.25) is 4.79 Å². The number of hydrogen-bond donors (Lipinski definition) is 2. The Labute approximate surface area is 189 Å². The molecule has 162 valence electrons. The average Bonchev–Trinajstić information content (AvgIpc) is 3.40. The van der Waals surface area contributed by atoms with Crippen molar-refractivity contribution in [3.63, 3.8) is 0 Å². The molecule has 2 aromatic heterocycles. The van der Waals surface area contributed by atoms with E-state index in [4.69, 9.17) is 17.3 Å². The maximum atomic E-state index is 13.0. The van der Waals surface area contributed by atoms with Gasteiger partial charge in [0.25, 0.3) is 5.91 Å². The highest BCUT2D eigenvalue weighted by atomic mass is 35.5. The van der Waals surface area contributed by atoms with E-state index in [0.29, 0.717) is 22.0 Å². The second-order valence-corrected chi connectivity index (χ2v) is 7.75. The zero-order valence-corrected chi connectivity index (χ0v) is 17.7. The van der Waals surface area contributed by atoms with Gasteiger partial charge in [0.05, 0.1) is 11.9 Å². The van der Waals surface area contributed by atoms with Crippen molar-refractivity contribution in [2.75, 3.05) is 5.73 Å². The fourth-order valence-electron chi connectivity index (χ4n) is 2.57. The second kappa shape index (κ2) is 9.58. The lowest BCUT2D eigenvalue weighted by molar-refractivity contribution is 0.0949. The van der Waals surface area contributed by atoms with E-state index in [1.54, 1.807) is 12.1 Å². The molecule has 0 saturated heterocycles. The topological polar surface area (TPSA) is 137 Å². The number of thioether (sulfide) groups is 1. The highest BCUT2D eigenvalue weighted by Crippen LogP contribution is 2.27. The minimum Gasteiger partial charge on any atom is -0.378 e. The van der Waals surface area contributed by atoms with Gasteiger partial charge < -0.3 is 5.73 Å². The first-order chi connectivity index (χ1) is 15.5. The first kappa shape index (κ1) is 21.5. The number of carbonyl (C=O) groups is 1. The third-order valence-corrected chi connectivity index (χ3v) is 5.39. The molecular formula is C19H14ClFN8O2S. The molecule has 3 N–H and O–H groups in total. The Morgan fingerprint density at radius 1 is 1.22 bits per heavy atom. The van der Waals surface area contributed by atoms with Gasteiger partial charge in [0.1, 0.15) is 5.82 Å². The molecule has 0 bridgehead atoms. The first-order valence-electron chi connectivity index (χ1n) is 9.01. The van der Waals surface area contributed by atoms with Gasteiger partial charge in [0, 0.05) is 15.7 Å². The molecule has 0 aliphatic carbocycles. The van der Waals surface area contributed by atoms with Crippen LogP contribution < -0.4 is 11.2 Å². The fourth-order valence-corrected chi connectivity index (χ4v) is 3.58. The molecule has 1 amide bonds. The molecule has 2 heterocycles. The molecule has 0 unspecified atom stereocenters. The van der Waals surface area contributed by atoms with Crippen molar-refractivity contribution in [1.29, 1.82) is 0 Å². The normalized spacial score (nSPS) is 11.2. The van der Waals surface area contributed by atoms with Gasteiger partial charge in [-0.25, -0.2) is 14.4 Å². The van der Waals surface area contributed by atoms with E-state index in [2.05, 4.69) is 35.8 Å². The van der Waals surface area contributed by atoms with Crippen molar-refractivity contribution in [2.45, 2.75) is 10.6 Å². The van der Waals surface area contributed by atoms with Crippen molar-refractivity contribution in [3.8, 4) is 5.82 Å². The maximum Gasteiger partial charge on any atom is 0.293 e. The molecule has 4 aromatic rings. The van der Waals surface area contributed by atoms with Gasteiger partial charge in [-0.2, -0.15) is 9.78 Å². The van der Waals surface area contributed by atoms with E-state index in [1.807, 2.05) is 12.1 Å². The third-order valence-electron chi connectivity index (χ3n) is 4.11. The molecule has 0 aliphatic rings. The Kier molecular flexibility index (Phi) is 6.42. The van der Waals surface area contributed by atoms with E-state index in [1.165, 1.54) is 46.9 Å². The van der Waals surface area contributed by atoms with E-state index < -0.39 is 5.91 Å². The van der Waals surface area contributed by atoms with Gasteiger partial charge in [-0.15, -0.1) is 16.9 Å². The number of nitrogens with one attached hydrogen (secondary N) is 1. The van der Waals surface area contributed by atoms with Crippen LogP contribution in [0.25, 0.3) is 5.82 Å². The number of nitrogens with zero attached hydrogens (tertiary/aromatic N) is 6. The predicted molar refractivity (Wildman–Crippen MR) is 116 cm³/mol. The van der Waals surface area contributed by atoms with Crippen LogP contribution in [0, 0.1) is 5.82 Å². The fraction of sp³-hybridized carbons (Fsp3) is 0.0526. The summed E-state index contributed by atoms with van der Waals surface area (Å²) < 4.78 is 18.9. The van der Waals surface area contributed by atoms with Crippen LogP contribution >= 0.6 is 23.4 Å². The van der Waals surface area contributed by atoms with Gasteiger partial charge in [-0.05, 0) is 52.3 Å². The number of aromatic nitrogens is 5. The Morgan fingerprint density at radius 2 is 1.97 bits per heavy atom. The van der Waals surface area contributed by atoms with E-state index >= 15 is 0 Å². The van der Waals surface area contributed by atoms with Crippen LogP contribution in [-0.2, 0) is 5.75 Å². The lowest BCUT2D eigenvalue weighted by Gasteiger charge is -2.06. The lowest BCUT2D eigenvalue weighted by atomic mass is 10.2. The van der Waals surface area contributed by atoms with E-state index in [-0.39, 0.29) is 23.1 Å². The number of carbonyl (C=O) groups excluding carboxylic acids is 1. The number of halogens is 2. The van der Waals surface area contributed by atoms with Crippen molar-refractivity contribution in [3.05, 3.63) is 76.3 Å². The number of rotatable bonds is 7. The number of benzene rings is 2. The summed E-state index contributed by atoms with van der Waals surface area (Å²) in [5.41, 5.74) is 9.19. The Balaban J connectivity index is 1.56. The van der Waals surface area contributed by atoms with Crippen LogP contribution in [-0.4, -0.2) is 37.4 Å². The standard InChI is InChI=1S/C19H14ClFN8O2S/c20-12-3-7-14(8-4-12)32-10-15-16(24-28-29(15)18-17(22)26-31-27-18)19(30)25-23-9-11-1-5-13(21)6-2-11/h1-9H,10H2,(H2,22,26)(H,25,30)/b23-9+. The Morgan fingerprint density at radius 3 is 2.66 bits per heavy atom.